The van der Waals surface area contributed by atoms with Crippen LogP contribution in [-0.2, 0) is 23.8 Å². The van der Waals surface area contributed by atoms with Gasteiger partial charge >= 0.3 is 5.97 Å². The zero-order chi connectivity index (χ0) is 14.2. The molecule has 2 atom stereocenters. The van der Waals surface area contributed by atoms with Crippen LogP contribution >= 0.6 is 0 Å². The second-order valence-electron chi connectivity index (χ2n) is 5.72. The molecule has 0 radical (unpaired) electrons. The molecule has 6 heteroatoms. The summed E-state index contributed by atoms with van der Waals surface area (Å²) in [5.41, 5.74) is -0.0316. The number of carbonyl (C=O) groups excluding carboxylic acids is 2. The maximum atomic E-state index is 12.3. The Hall–Kier alpha value is -1.43. The molecule has 1 saturated carbocycles. The van der Waals surface area contributed by atoms with Crippen LogP contribution in [0.5, 0.6) is 0 Å². The molecule has 0 amide bonds. The van der Waals surface area contributed by atoms with E-state index in [9.17, 15) is 9.59 Å². The first kappa shape index (κ1) is 13.5. The molecule has 0 aromatic carbocycles. The molecule has 1 spiro atoms. The Kier molecular flexibility index (Phi) is 3.50. The van der Waals surface area contributed by atoms with E-state index in [-0.39, 0.29) is 29.8 Å². The Morgan fingerprint density at radius 2 is 2.20 bits per heavy atom. The van der Waals surface area contributed by atoms with Crippen molar-refractivity contribution in [1.29, 1.82) is 0 Å². The summed E-state index contributed by atoms with van der Waals surface area (Å²) < 4.78 is 15.8. The van der Waals surface area contributed by atoms with Crippen molar-refractivity contribution in [2.75, 3.05) is 19.8 Å². The first-order valence-corrected chi connectivity index (χ1v) is 7.16. The summed E-state index contributed by atoms with van der Waals surface area (Å²) in [6, 6.07) is -0.525. The molecule has 0 N–H and O–H groups in total. The predicted molar refractivity (Wildman–Crippen MR) is 69.5 cm³/mol. The minimum atomic E-state index is -0.573. The lowest BCUT2D eigenvalue weighted by Crippen LogP contribution is -2.47. The maximum absolute atomic E-state index is 12.3. The molecule has 1 aliphatic carbocycles. The van der Waals surface area contributed by atoms with E-state index in [4.69, 9.17) is 14.2 Å². The van der Waals surface area contributed by atoms with Crippen LogP contribution in [0.4, 0.5) is 0 Å². The molecule has 1 saturated heterocycles. The molecule has 2 heterocycles. The smallest absolute Gasteiger partial charge is 0.393 e. The summed E-state index contributed by atoms with van der Waals surface area (Å²) in [4.78, 5) is 28.1. The molecule has 0 bridgehead atoms. The highest BCUT2D eigenvalue weighted by molar-refractivity contribution is 6.33. The lowest BCUT2D eigenvalue weighted by molar-refractivity contribution is -0.138. The number of ether oxygens (including phenoxy) is 3. The molecular weight excluding hydrogens is 262 g/mol. The molecule has 2 aliphatic heterocycles. The number of ketones is 1. The van der Waals surface area contributed by atoms with E-state index >= 15 is 0 Å². The van der Waals surface area contributed by atoms with Gasteiger partial charge in [0, 0.05) is 19.6 Å². The van der Waals surface area contributed by atoms with E-state index < -0.39 is 12.0 Å². The van der Waals surface area contributed by atoms with Crippen LogP contribution in [0.1, 0.15) is 32.6 Å². The van der Waals surface area contributed by atoms with E-state index in [0.29, 0.717) is 19.6 Å². The normalized spacial score (nSPS) is 31.4. The predicted octanol–water partition coefficient (Wildman–Crippen LogP) is 0.875. The second-order valence-corrected chi connectivity index (χ2v) is 5.72. The van der Waals surface area contributed by atoms with Gasteiger partial charge in [-0.15, -0.1) is 0 Å². The third kappa shape index (κ3) is 2.32. The first-order valence-electron chi connectivity index (χ1n) is 7.16. The van der Waals surface area contributed by atoms with Gasteiger partial charge < -0.3 is 14.2 Å². The number of hydrogen-bond acceptors (Lipinski definition) is 6. The minimum absolute atomic E-state index is 0.0316. The number of aliphatic imine (C=N–C) groups is 1. The van der Waals surface area contributed by atoms with Crippen LogP contribution < -0.4 is 0 Å². The summed E-state index contributed by atoms with van der Waals surface area (Å²) in [7, 11) is 0. The van der Waals surface area contributed by atoms with Crippen LogP contribution in [0.3, 0.4) is 0 Å². The number of esters is 1. The highest BCUT2D eigenvalue weighted by atomic mass is 16.6. The molecule has 2 unspecified atom stereocenters. The van der Waals surface area contributed by atoms with E-state index in [2.05, 4.69) is 4.99 Å². The van der Waals surface area contributed by atoms with Gasteiger partial charge in [-0.2, -0.15) is 0 Å². The van der Waals surface area contributed by atoms with Crippen LogP contribution in [0.2, 0.25) is 0 Å². The molecule has 110 valence electrons. The van der Waals surface area contributed by atoms with Gasteiger partial charge in [0.2, 0.25) is 0 Å². The van der Waals surface area contributed by atoms with E-state index in [1.165, 1.54) is 0 Å². The first-order chi connectivity index (χ1) is 9.63. The van der Waals surface area contributed by atoms with Gasteiger partial charge in [-0.25, -0.2) is 9.79 Å². The van der Waals surface area contributed by atoms with Gasteiger partial charge in [0.25, 0.3) is 5.90 Å². The number of carbonyl (C=O) groups is 2. The number of rotatable bonds is 2. The average Bonchev–Trinajstić information content (AvgIpc) is 2.84. The van der Waals surface area contributed by atoms with Gasteiger partial charge in [-0.3, -0.25) is 4.79 Å². The monoisotopic (exact) mass is 281 g/mol. The largest absolute Gasteiger partial charge is 0.467 e. The second kappa shape index (κ2) is 5.16. The van der Waals surface area contributed by atoms with E-state index in [0.717, 1.165) is 19.3 Å². The molecule has 20 heavy (non-hydrogen) atoms. The van der Waals surface area contributed by atoms with Crippen molar-refractivity contribution >= 4 is 17.7 Å². The lowest BCUT2D eigenvalue weighted by Gasteiger charge is -2.42. The Balaban J connectivity index is 1.73. The van der Waals surface area contributed by atoms with Crippen molar-refractivity contribution in [3.8, 4) is 0 Å². The van der Waals surface area contributed by atoms with Crippen molar-refractivity contribution < 1.29 is 23.8 Å². The zero-order valence-electron chi connectivity index (χ0n) is 11.6. The van der Waals surface area contributed by atoms with E-state index in [1.54, 1.807) is 6.92 Å². The molecule has 6 nitrogen and oxygen atoms in total. The highest BCUT2D eigenvalue weighted by Gasteiger charge is 2.50. The highest BCUT2D eigenvalue weighted by Crippen LogP contribution is 2.45. The van der Waals surface area contributed by atoms with Crippen LogP contribution in [0.15, 0.2) is 4.99 Å². The Morgan fingerprint density at radius 1 is 1.45 bits per heavy atom. The maximum Gasteiger partial charge on any atom is 0.393 e. The Labute approximate surface area is 117 Å². The SMILES string of the molecule is CCOC(=O)C1=NC2C(=O)CC3(CCOCC3)CC2O1. The van der Waals surface area contributed by atoms with Gasteiger partial charge in [0.1, 0.15) is 12.1 Å². The molecular formula is C14H19NO5. The number of fused-ring (bicyclic) bond motifs is 1. The minimum Gasteiger partial charge on any atom is -0.467 e. The van der Waals surface area contributed by atoms with Gasteiger partial charge in [0.15, 0.2) is 5.78 Å². The van der Waals surface area contributed by atoms with Crippen LogP contribution in [0, 0.1) is 5.41 Å². The Bertz CT molecular complexity index is 452. The number of nitrogens with zero attached hydrogens (tertiary/aromatic N) is 1. The molecule has 3 aliphatic rings. The summed E-state index contributed by atoms with van der Waals surface area (Å²) >= 11 is 0. The van der Waals surface area contributed by atoms with E-state index in [1.807, 2.05) is 0 Å². The fourth-order valence-electron chi connectivity index (χ4n) is 3.33. The summed E-state index contributed by atoms with van der Waals surface area (Å²) in [5.74, 6) is -0.544. The van der Waals surface area contributed by atoms with Gasteiger partial charge in [-0.05, 0) is 31.6 Å². The molecule has 3 rings (SSSR count). The third-order valence-electron chi connectivity index (χ3n) is 4.39. The lowest BCUT2D eigenvalue weighted by atomic mass is 9.66. The fraction of sp³-hybridized carbons (Fsp3) is 0.786. The average molecular weight is 281 g/mol. The number of Topliss-reactive ketones (excluding diaryl/α,β-unsaturated/α-hetero) is 1. The summed E-state index contributed by atoms with van der Waals surface area (Å²) in [6.07, 6.45) is 2.72. The van der Waals surface area contributed by atoms with Crippen LogP contribution in [-0.4, -0.2) is 49.6 Å². The Morgan fingerprint density at radius 3 is 2.90 bits per heavy atom. The quantitative estimate of drug-likeness (QED) is 0.702. The van der Waals surface area contributed by atoms with Gasteiger partial charge in [-0.1, -0.05) is 0 Å². The summed E-state index contributed by atoms with van der Waals surface area (Å²) in [6.45, 7) is 3.38. The molecule has 0 aromatic rings. The topological polar surface area (TPSA) is 74.2 Å². The molecule has 2 fully saturated rings. The summed E-state index contributed by atoms with van der Waals surface area (Å²) in [5, 5.41) is 0. The van der Waals surface area contributed by atoms with Crippen molar-refractivity contribution in [3.05, 3.63) is 0 Å². The molecule has 0 aromatic heterocycles. The van der Waals surface area contributed by atoms with Crippen molar-refractivity contribution in [2.24, 2.45) is 10.4 Å². The van der Waals surface area contributed by atoms with Crippen molar-refractivity contribution in [3.63, 3.8) is 0 Å². The zero-order valence-corrected chi connectivity index (χ0v) is 11.6. The number of hydrogen-bond donors (Lipinski definition) is 0. The standard InChI is InChI=1S/C14H19NO5/c1-2-19-13(17)12-15-11-9(16)7-14(8-10(11)20-12)3-5-18-6-4-14/h10-11H,2-8H2,1H3. The van der Waals surface area contributed by atoms with Crippen molar-refractivity contribution in [2.45, 2.75) is 44.8 Å². The third-order valence-corrected chi connectivity index (χ3v) is 4.39. The fourth-order valence-corrected chi connectivity index (χ4v) is 3.33. The van der Waals surface area contributed by atoms with Gasteiger partial charge in [0.05, 0.1) is 6.61 Å². The van der Waals surface area contributed by atoms with Crippen LogP contribution in [0.25, 0.3) is 0 Å². The van der Waals surface area contributed by atoms with Crippen molar-refractivity contribution in [1.82, 2.24) is 0 Å².